The van der Waals surface area contributed by atoms with Crippen LogP contribution >= 0.6 is 0 Å². The van der Waals surface area contributed by atoms with E-state index in [1.165, 1.54) is 6.07 Å². The van der Waals surface area contributed by atoms with Crippen molar-refractivity contribution in [3.63, 3.8) is 0 Å². The lowest BCUT2D eigenvalue weighted by Crippen LogP contribution is -2.44. The van der Waals surface area contributed by atoms with Crippen LogP contribution in [0.1, 0.15) is 6.42 Å². The van der Waals surface area contributed by atoms with Crippen molar-refractivity contribution < 1.29 is 13.6 Å². The second-order valence-corrected chi connectivity index (χ2v) is 3.40. The van der Waals surface area contributed by atoms with E-state index in [1.54, 1.807) is 4.90 Å². The first-order valence-corrected chi connectivity index (χ1v) is 4.68. The maximum absolute atomic E-state index is 12.8. The largest absolute Gasteiger partial charge is 0.324 e. The Labute approximate surface area is 85.7 Å². The summed E-state index contributed by atoms with van der Waals surface area (Å²) in [5, 5.41) is 2.49. The van der Waals surface area contributed by atoms with Crippen LogP contribution in [0, 0.1) is 11.6 Å². The zero-order valence-electron chi connectivity index (χ0n) is 7.96. The van der Waals surface area contributed by atoms with Crippen LogP contribution in [0.2, 0.25) is 0 Å². The van der Waals surface area contributed by atoms with Crippen molar-refractivity contribution in [3.8, 4) is 0 Å². The molecule has 15 heavy (non-hydrogen) atoms. The smallest absolute Gasteiger partial charge is 0.321 e. The molecule has 1 fully saturated rings. The molecule has 80 valence electrons. The Balaban J connectivity index is 2.03. The van der Waals surface area contributed by atoms with Gasteiger partial charge in [-0.2, -0.15) is 0 Å². The number of carbonyl (C=O) groups is 1. The van der Waals surface area contributed by atoms with Crippen molar-refractivity contribution in [1.82, 2.24) is 4.90 Å². The third kappa shape index (κ3) is 2.06. The topological polar surface area (TPSA) is 32.3 Å². The predicted molar refractivity (Wildman–Crippen MR) is 51.6 cm³/mol. The number of hydrogen-bond donors (Lipinski definition) is 1. The average Bonchev–Trinajstić information content (AvgIpc) is 2.08. The Hall–Kier alpha value is -1.65. The fourth-order valence-corrected chi connectivity index (χ4v) is 1.30. The van der Waals surface area contributed by atoms with Crippen molar-refractivity contribution in [1.29, 1.82) is 0 Å². The number of nitrogens with zero attached hydrogens (tertiary/aromatic N) is 1. The van der Waals surface area contributed by atoms with E-state index in [4.69, 9.17) is 0 Å². The van der Waals surface area contributed by atoms with Crippen molar-refractivity contribution in [2.45, 2.75) is 6.42 Å². The fourth-order valence-electron chi connectivity index (χ4n) is 1.30. The Kier molecular flexibility index (Phi) is 2.53. The standard InChI is InChI=1S/C10H10F2N2O/c11-8-3-2-7(6-9(8)12)13-10(15)14-4-1-5-14/h2-3,6H,1,4-5H2,(H,13,15). The monoisotopic (exact) mass is 212 g/mol. The van der Waals surface area contributed by atoms with E-state index in [-0.39, 0.29) is 11.7 Å². The first kappa shape index (κ1) is 9.89. The van der Waals surface area contributed by atoms with Gasteiger partial charge in [-0.25, -0.2) is 13.6 Å². The number of halogens is 2. The number of amides is 2. The summed E-state index contributed by atoms with van der Waals surface area (Å²) in [7, 11) is 0. The van der Waals surface area contributed by atoms with Gasteiger partial charge < -0.3 is 10.2 Å². The number of nitrogens with one attached hydrogen (secondary N) is 1. The summed E-state index contributed by atoms with van der Waals surface area (Å²) in [5.41, 5.74) is 0.269. The maximum Gasteiger partial charge on any atom is 0.321 e. The lowest BCUT2D eigenvalue weighted by molar-refractivity contribution is 0.181. The molecule has 1 aromatic carbocycles. The van der Waals surface area contributed by atoms with Crippen LogP contribution in [-0.4, -0.2) is 24.0 Å². The highest BCUT2D eigenvalue weighted by molar-refractivity contribution is 5.89. The molecule has 0 spiro atoms. The van der Waals surface area contributed by atoms with Gasteiger partial charge >= 0.3 is 6.03 Å². The Bertz CT molecular complexity index is 391. The molecular weight excluding hydrogens is 202 g/mol. The van der Waals surface area contributed by atoms with Crippen LogP contribution in [0.4, 0.5) is 19.3 Å². The molecule has 2 rings (SSSR count). The average molecular weight is 212 g/mol. The van der Waals surface area contributed by atoms with Crippen LogP contribution in [0.5, 0.6) is 0 Å². The molecule has 0 radical (unpaired) electrons. The van der Waals surface area contributed by atoms with Gasteiger partial charge in [0, 0.05) is 24.8 Å². The van der Waals surface area contributed by atoms with Gasteiger partial charge in [0.25, 0.3) is 0 Å². The summed E-state index contributed by atoms with van der Waals surface area (Å²) in [5.74, 6) is -1.88. The summed E-state index contributed by atoms with van der Waals surface area (Å²) in [6.07, 6.45) is 0.991. The minimum Gasteiger partial charge on any atom is -0.324 e. The van der Waals surface area contributed by atoms with E-state index >= 15 is 0 Å². The van der Waals surface area contributed by atoms with Crippen molar-refractivity contribution in [2.24, 2.45) is 0 Å². The third-order valence-electron chi connectivity index (χ3n) is 2.31. The molecule has 2 amide bonds. The summed E-state index contributed by atoms with van der Waals surface area (Å²) >= 11 is 0. The number of likely N-dealkylation sites (tertiary alicyclic amines) is 1. The Morgan fingerprint density at radius 3 is 2.53 bits per heavy atom. The van der Waals surface area contributed by atoms with Crippen LogP contribution in [0.25, 0.3) is 0 Å². The van der Waals surface area contributed by atoms with Crippen molar-refractivity contribution in [3.05, 3.63) is 29.8 Å². The Morgan fingerprint density at radius 2 is 2.00 bits per heavy atom. The van der Waals surface area contributed by atoms with Gasteiger partial charge in [-0.3, -0.25) is 0 Å². The van der Waals surface area contributed by atoms with E-state index in [9.17, 15) is 13.6 Å². The lowest BCUT2D eigenvalue weighted by Gasteiger charge is -2.30. The number of anilines is 1. The predicted octanol–water partition coefficient (Wildman–Crippen LogP) is 2.20. The Morgan fingerprint density at radius 1 is 1.27 bits per heavy atom. The minimum absolute atomic E-state index is 0.269. The molecule has 0 unspecified atom stereocenters. The molecule has 0 aromatic heterocycles. The fraction of sp³-hybridized carbons (Fsp3) is 0.300. The zero-order valence-corrected chi connectivity index (χ0v) is 7.96. The minimum atomic E-state index is -0.962. The third-order valence-corrected chi connectivity index (χ3v) is 2.31. The summed E-state index contributed by atoms with van der Waals surface area (Å²) < 4.78 is 25.4. The van der Waals surface area contributed by atoms with Crippen LogP contribution in [0.15, 0.2) is 18.2 Å². The number of carbonyl (C=O) groups excluding carboxylic acids is 1. The van der Waals surface area contributed by atoms with Crippen LogP contribution < -0.4 is 5.32 Å². The molecule has 1 aliphatic heterocycles. The first-order valence-electron chi connectivity index (χ1n) is 4.68. The van der Waals surface area contributed by atoms with E-state index in [0.29, 0.717) is 0 Å². The maximum atomic E-state index is 12.8. The zero-order chi connectivity index (χ0) is 10.8. The molecule has 1 heterocycles. The quantitative estimate of drug-likeness (QED) is 0.760. The molecule has 1 aromatic rings. The normalized spacial score (nSPS) is 14.7. The van der Waals surface area contributed by atoms with E-state index in [2.05, 4.69) is 5.32 Å². The number of urea groups is 1. The summed E-state index contributed by atoms with van der Waals surface area (Å²) in [4.78, 5) is 13.0. The number of benzene rings is 1. The summed E-state index contributed by atoms with van der Waals surface area (Å²) in [6.45, 7) is 1.44. The SMILES string of the molecule is O=C(Nc1ccc(F)c(F)c1)N1CCC1. The highest BCUT2D eigenvalue weighted by Gasteiger charge is 2.20. The number of hydrogen-bond acceptors (Lipinski definition) is 1. The van der Waals surface area contributed by atoms with Gasteiger partial charge in [0.15, 0.2) is 11.6 Å². The van der Waals surface area contributed by atoms with Gasteiger partial charge in [-0.15, -0.1) is 0 Å². The molecule has 1 saturated heterocycles. The molecule has 1 N–H and O–H groups in total. The highest BCUT2D eigenvalue weighted by atomic mass is 19.2. The van der Waals surface area contributed by atoms with Crippen molar-refractivity contribution in [2.75, 3.05) is 18.4 Å². The van der Waals surface area contributed by atoms with Gasteiger partial charge in [0.1, 0.15) is 0 Å². The first-order chi connectivity index (χ1) is 7.16. The van der Waals surface area contributed by atoms with Crippen molar-refractivity contribution >= 4 is 11.7 Å². The molecule has 3 nitrogen and oxygen atoms in total. The molecule has 0 atom stereocenters. The molecule has 0 bridgehead atoms. The van der Waals surface area contributed by atoms with E-state index in [1.807, 2.05) is 0 Å². The second-order valence-electron chi connectivity index (χ2n) is 3.40. The van der Waals surface area contributed by atoms with Gasteiger partial charge in [-0.05, 0) is 18.6 Å². The van der Waals surface area contributed by atoms with Gasteiger partial charge in [0.05, 0.1) is 0 Å². The molecule has 5 heteroatoms. The molecular formula is C10H10F2N2O. The summed E-state index contributed by atoms with van der Waals surface area (Å²) in [6, 6.07) is 3.01. The molecule has 0 saturated carbocycles. The second kappa shape index (κ2) is 3.84. The van der Waals surface area contributed by atoms with E-state index in [0.717, 1.165) is 31.6 Å². The number of rotatable bonds is 1. The van der Waals surface area contributed by atoms with Crippen LogP contribution in [0.3, 0.4) is 0 Å². The molecule has 0 aliphatic carbocycles. The lowest BCUT2D eigenvalue weighted by atomic mass is 10.2. The van der Waals surface area contributed by atoms with E-state index < -0.39 is 11.6 Å². The van der Waals surface area contributed by atoms with Gasteiger partial charge in [0.2, 0.25) is 0 Å². The highest BCUT2D eigenvalue weighted by Crippen LogP contribution is 2.15. The molecule has 1 aliphatic rings. The van der Waals surface area contributed by atoms with Crippen LogP contribution in [-0.2, 0) is 0 Å². The van der Waals surface area contributed by atoms with Gasteiger partial charge in [-0.1, -0.05) is 0 Å².